The fraction of sp³-hybridized carbons (Fsp3) is 0.300. The van der Waals surface area contributed by atoms with Crippen molar-refractivity contribution in [3.63, 3.8) is 0 Å². The molecule has 0 fully saturated rings. The van der Waals surface area contributed by atoms with E-state index in [1.165, 1.54) is 0 Å². The summed E-state index contributed by atoms with van der Waals surface area (Å²) in [5, 5.41) is 0.616. The van der Waals surface area contributed by atoms with Crippen LogP contribution in [0.1, 0.15) is 5.56 Å². The molecule has 80 valence electrons. The number of rotatable bonds is 1. The molecule has 4 nitrogen and oxygen atoms in total. The van der Waals surface area contributed by atoms with E-state index in [2.05, 4.69) is 0 Å². The zero-order chi connectivity index (χ0) is 10.8. The molecule has 0 radical (unpaired) electrons. The van der Waals surface area contributed by atoms with Crippen LogP contribution >= 0.6 is 11.6 Å². The van der Waals surface area contributed by atoms with Gasteiger partial charge in [0.1, 0.15) is 18.5 Å². The van der Waals surface area contributed by atoms with Gasteiger partial charge in [-0.1, -0.05) is 17.7 Å². The summed E-state index contributed by atoms with van der Waals surface area (Å²) in [6.45, 7) is 0.316. The molecule has 0 saturated heterocycles. The highest BCUT2D eigenvalue weighted by atomic mass is 35.5. The van der Waals surface area contributed by atoms with Crippen molar-refractivity contribution < 1.29 is 14.3 Å². The predicted molar refractivity (Wildman–Crippen MR) is 55.1 cm³/mol. The van der Waals surface area contributed by atoms with Gasteiger partial charge in [-0.15, -0.1) is 0 Å². The molecule has 2 rings (SSSR count). The van der Waals surface area contributed by atoms with E-state index in [0.717, 1.165) is 11.3 Å². The second-order valence-electron chi connectivity index (χ2n) is 3.29. The maximum atomic E-state index is 10.6. The van der Waals surface area contributed by atoms with Crippen molar-refractivity contribution in [1.82, 2.24) is 0 Å². The van der Waals surface area contributed by atoms with Crippen LogP contribution in [-0.2, 0) is 11.2 Å². The van der Waals surface area contributed by atoms with Crippen LogP contribution in [0.2, 0.25) is 5.02 Å². The highest BCUT2D eigenvalue weighted by molar-refractivity contribution is 6.31. The number of carbonyl (C=O) groups excluding carboxylic acids is 1. The molecule has 1 aliphatic heterocycles. The first-order chi connectivity index (χ1) is 7.16. The van der Waals surface area contributed by atoms with Crippen LogP contribution in [0.15, 0.2) is 18.2 Å². The van der Waals surface area contributed by atoms with Crippen molar-refractivity contribution in [2.75, 3.05) is 6.61 Å². The molecule has 5 heteroatoms. The summed E-state index contributed by atoms with van der Waals surface area (Å²) in [6.07, 6.45) is -0.605. The lowest BCUT2D eigenvalue weighted by molar-refractivity contribution is 0.0617. The summed E-state index contributed by atoms with van der Waals surface area (Å²) in [7, 11) is 0. The third kappa shape index (κ3) is 2.15. The number of benzene rings is 1. The SMILES string of the molecule is NC(=O)OC1COc2cccc(Cl)c2C1. The van der Waals surface area contributed by atoms with Gasteiger partial charge in [0.15, 0.2) is 0 Å². The minimum atomic E-state index is -0.792. The molecule has 0 saturated carbocycles. The van der Waals surface area contributed by atoms with Gasteiger partial charge in [0.25, 0.3) is 0 Å². The molecule has 2 N–H and O–H groups in total. The Bertz CT molecular complexity index is 394. The summed E-state index contributed by atoms with van der Waals surface area (Å²) in [5.74, 6) is 0.742. The Balaban J connectivity index is 2.18. The first-order valence-corrected chi connectivity index (χ1v) is 4.91. The van der Waals surface area contributed by atoms with Crippen LogP contribution in [0.4, 0.5) is 4.79 Å². The Labute approximate surface area is 91.9 Å². The van der Waals surface area contributed by atoms with E-state index in [1.54, 1.807) is 6.07 Å². The topological polar surface area (TPSA) is 61.6 Å². The van der Waals surface area contributed by atoms with E-state index in [1.807, 2.05) is 12.1 Å². The molecule has 1 unspecified atom stereocenters. The standard InChI is InChI=1S/C10H10ClNO3/c11-8-2-1-3-9-7(8)4-6(5-14-9)15-10(12)13/h1-3,6H,4-5H2,(H2,12,13). The Morgan fingerprint density at radius 3 is 3.13 bits per heavy atom. The van der Waals surface area contributed by atoms with Crippen LogP contribution in [0.5, 0.6) is 5.75 Å². The van der Waals surface area contributed by atoms with E-state index in [-0.39, 0.29) is 6.10 Å². The minimum absolute atomic E-state index is 0.316. The van der Waals surface area contributed by atoms with E-state index >= 15 is 0 Å². The number of halogens is 1. The quantitative estimate of drug-likeness (QED) is 0.795. The summed E-state index contributed by atoms with van der Waals surface area (Å²) in [6, 6.07) is 5.43. The molecule has 1 amide bonds. The monoisotopic (exact) mass is 227 g/mol. The summed E-state index contributed by atoms with van der Waals surface area (Å²) >= 11 is 5.99. The molecule has 0 aliphatic carbocycles. The Hall–Kier alpha value is -1.42. The minimum Gasteiger partial charge on any atom is -0.489 e. The largest absolute Gasteiger partial charge is 0.489 e. The number of hydrogen-bond donors (Lipinski definition) is 1. The Morgan fingerprint density at radius 1 is 1.60 bits per heavy atom. The first kappa shape index (κ1) is 10.1. The Kier molecular flexibility index (Phi) is 2.68. The summed E-state index contributed by atoms with van der Waals surface area (Å²) < 4.78 is 10.3. The number of primary amides is 1. The van der Waals surface area contributed by atoms with Gasteiger partial charge in [-0.05, 0) is 12.1 Å². The zero-order valence-electron chi connectivity index (χ0n) is 7.90. The van der Waals surface area contributed by atoms with Gasteiger partial charge in [0, 0.05) is 17.0 Å². The average Bonchev–Trinajstić information content (AvgIpc) is 2.18. The van der Waals surface area contributed by atoms with Crippen molar-refractivity contribution >= 4 is 17.7 Å². The van der Waals surface area contributed by atoms with Crippen LogP contribution in [0.25, 0.3) is 0 Å². The summed E-state index contributed by atoms with van der Waals surface area (Å²) in [4.78, 5) is 10.6. The van der Waals surface area contributed by atoms with E-state index in [9.17, 15) is 4.79 Å². The lowest BCUT2D eigenvalue weighted by Crippen LogP contribution is -2.33. The van der Waals surface area contributed by atoms with Gasteiger partial charge < -0.3 is 15.2 Å². The maximum absolute atomic E-state index is 10.6. The number of nitrogens with two attached hydrogens (primary N) is 1. The fourth-order valence-electron chi connectivity index (χ4n) is 1.58. The average molecular weight is 228 g/mol. The summed E-state index contributed by atoms with van der Waals surface area (Å²) in [5.41, 5.74) is 5.79. The number of carbonyl (C=O) groups is 1. The Morgan fingerprint density at radius 2 is 2.40 bits per heavy atom. The van der Waals surface area contributed by atoms with Gasteiger partial charge in [-0.25, -0.2) is 4.79 Å². The molecule has 1 heterocycles. The molecular formula is C10H10ClNO3. The fourth-order valence-corrected chi connectivity index (χ4v) is 1.82. The van der Waals surface area contributed by atoms with Crippen LogP contribution in [0, 0.1) is 0 Å². The third-order valence-corrected chi connectivity index (χ3v) is 2.57. The van der Waals surface area contributed by atoms with Crippen LogP contribution < -0.4 is 10.5 Å². The lowest BCUT2D eigenvalue weighted by Gasteiger charge is -2.25. The normalized spacial score (nSPS) is 18.9. The van der Waals surface area contributed by atoms with Crippen molar-refractivity contribution in [3.8, 4) is 5.75 Å². The highest BCUT2D eigenvalue weighted by Crippen LogP contribution is 2.31. The predicted octanol–water partition coefficient (Wildman–Crippen LogP) is 1.74. The van der Waals surface area contributed by atoms with E-state index in [0.29, 0.717) is 18.1 Å². The van der Waals surface area contributed by atoms with Gasteiger partial charge in [0.2, 0.25) is 0 Å². The molecule has 1 aromatic carbocycles. The molecule has 0 spiro atoms. The van der Waals surface area contributed by atoms with Gasteiger partial charge in [-0.2, -0.15) is 0 Å². The van der Waals surface area contributed by atoms with Crippen molar-refractivity contribution in [3.05, 3.63) is 28.8 Å². The molecular weight excluding hydrogens is 218 g/mol. The molecule has 1 aliphatic rings. The molecule has 1 atom stereocenters. The second-order valence-corrected chi connectivity index (χ2v) is 3.70. The van der Waals surface area contributed by atoms with Gasteiger partial charge in [-0.3, -0.25) is 0 Å². The highest BCUT2D eigenvalue weighted by Gasteiger charge is 2.23. The number of fused-ring (bicyclic) bond motifs is 1. The molecule has 0 bridgehead atoms. The van der Waals surface area contributed by atoms with Gasteiger partial charge >= 0.3 is 6.09 Å². The second kappa shape index (κ2) is 3.98. The first-order valence-electron chi connectivity index (χ1n) is 4.53. The van der Waals surface area contributed by atoms with Crippen LogP contribution in [-0.4, -0.2) is 18.8 Å². The lowest BCUT2D eigenvalue weighted by atomic mass is 10.0. The number of hydrogen-bond acceptors (Lipinski definition) is 3. The zero-order valence-corrected chi connectivity index (χ0v) is 8.66. The van der Waals surface area contributed by atoms with Gasteiger partial charge in [0.05, 0.1) is 0 Å². The van der Waals surface area contributed by atoms with Crippen molar-refractivity contribution in [2.45, 2.75) is 12.5 Å². The van der Waals surface area contributed by atoms with Crippen molar-refractivity contribution in [1.29, 1.82) is 0 Å². The smallest absolute Gasteiger partial charge is 0.404 e. The molecule has 0 aromatic heterocycles. The van der Waals surface area contributed by atoms with E-state index in [4.69, 9.17) is 26.8 Å². The molecule has 1 aromatic rings. The van der Waals surface area contributed by atoms with Crippen molar-refractivity contribution in [2.24, 2.45) is 5.73 Å². The number of amides is 1. The number of ether oxygens (including phenoxy) is 2. The third-order valence-electron chi connectivity index (χ3n) is 2.22. The van der Waals surface area contributed by atoms with Crippen LogP contribution in [0.3, 0.4) is 0 Å². The maximum Gasteiger partial charge on any atom is 0.404 e. The van der Waals surface area contributed by atoms with E-state index < -0.39 is 6.09 Å². The molecule has 15 heavy (non-hydrogen) atoms.